The van der Waals surface area contributed by atoms with Gasteiger partial charge in [-0.25, -0.2) is 0 Å². The lowest BCUT2D eigenvalue weighted by Gasteiger charge is -2.31. The lowest BCUT2D eigenvalue weighted by molar-refractivity contribution is -0.151. The molecule has 1 fully saturated rings. The zero-order valence-corrected chi connectivity index (χ0v) is 11.6. The molecule has 1 aromatic heterocycles. The number of carbonyl (C=O) groups excluding carboxylic acids is 2. The van der Waals surface area contributed by atoms with Crippen LogP contribution in [0.3, 0.4) is 0 Å². The molecule has 7 heteroatoms. The number of nitrogens with zero attached hydrogens (tertiary/aromatic N) is 3. The highest BCUT2D eigenvalue weighted by atomic mass is 16.5. The Bertz CT molecular complexity index is 486. The van der Waals surface area contributed by atoms with Crippen LogP contribution in [0, 0.1) is 5.92 Å². The molecule has 2 N–H and O–H groups in total. The first-order valence-electron chi connectivity index (χ1n) is 6.82. The van der Waals surface area contributed by atoms with Gasteiger partial charge >= 0.3 is 5.97 Å². The Balaban J connectivity index is 1.91. The Morgan fingerprint density at radius 2 is 2.35 bits per heavy atom. The van der Waals surface area contributed by atoms with Gasteiger partial charge in [0, 0.05) is 19.3 Å². The summed E-state index contributed by atoms with van der Waals surface area (Å²) in [6, 6.07) is 0. The predicted molar refractivity (Wildman–Crippen MR) is 72.6 cm³/mol. The molecule has 0 spiro atoms. The number of hydrogen-bond donors (Lipinski definition) is 1. The smallest absolute Gasteiger partial charge is 0.310 e. The number of ether oxygens (including phenoxy) is 1. The molecule has 1 aliphatic rings. The van der Waals surface area contributed by atoms with E-state index < -0.39 is 0 Å². The van der Waals surface area contributed by atoms with Gasteiger partial charge in [0.15, 0.2) is 0 Å². The SMILES string of the molecule is CCOC(=O)C1CCCN(C(=O)Cn2cc(N)cn2)C1. The first kappa shape index (κ1) is 14.4. The molecule has 110 valence electrons. The first-order chi connectivity index (χ1) is 9.60. The number of carbonyl (C=O) groups is 2. The molecule has 7 nitrogen and oxygen atoms in total. The minimum Gasteiger partial charge on any atom is -0.466 e. The Morgan fingerprint density at radius 3 is 3.00 bits per heavy atom. The fourth-order valence-electron chi connectivity index (χ4n) is 2.36. The quantitative estimate of drug-likeness (QED) is 0.799. The summed E-state index contributed by atoms with van der Waals surface area (Å²) in [7, 11) is 0. The van der Waals surface area contributed by atoms with Gasteiger partial charge in [0.05, 0.1) is 24.4 Å². The van der Waals surface area contributed by atoms with E-state index in [0.717, 1.165) is 12.8 Å². The van der Waals surface area contributed by atoms with Crippen molar-refractivity contribution in [2.24, 2.45) is 5.92 Å². The number of hydrogen-bond acceptors (Lipinski definition) is 5. The minimum atomic E-state index is -0.215. The number of amides is 1. The van der Waals surface area contributed by atoms with E-state index in [1.54, 1.807) is 18.0 Å². The molecule has 20 heavy (non-hydrogen) atoms. The number of anilines is 1. The van der Waals surface area contributed by atoms with Crippen LogP contribution in [0.1, 0.15) is 19.8 Å². The molecule has 0 saturated carbocycles. The molecule has 1 atom stereocenters. The normalized spacial score (nSPS) is 18.9. The van der Waals surface area contributed by atoms with Crippen LogP contribution in [0.2, 0.25) is 0 Å². The van der Waals surface area contributed by atoms with Crippen LogP contribution in [-0.4, -0.2) is 46.3 Å². The van der Waals surface area contributed by atoms with Crippen molar-refractivity contribution in [1.29, 1.82) is 0 Å². The number of nitrogens with two attached hydrogens (primary N) is 1. The fraction of sp³-hybridized carbons (Fsp3) is 0.615. The van der Waals surface area contributed by atoms with Crippen LogP contribution in [0.15, 0.2) is 12.4 Å². The Labute approximate surface area is 117 Å². The van der Waals surface area contributed by atoms with Crippen molar-refractivity contribution in [3.8, 4) is 0 Å². The van der Waals surface area contributed by atoms with Crippen molar-refractivity contribution in [1.82, 2.24) is 14.7 Å². The highest BCUT2D eigenvalue weighted by Crippen LogP contribution is 2.18. The molecule has 1 unspecified atom stereocenters. The van der Waals surface area contributed by atoms with Crippen molar-refractivity contribution in [3.63, 3.8) is 0 Å². The fourth-order valence-corrected chi connectivity index (χ4v) is 2.36. The van der Waals surface area contributed by atoms with Gasteiger partial charge in [-0.2, -0.15) is 5.10 Å². The van der Waals surface area contributed by atoms with Gasteiger partial charge in [0.2, 0.25) is 5.91 Å². The van der Waals surface area contributed by atoms with E-state index in [-0.39, 0.29) is 24.3 Å². The molecular weight excluding hydrogens is 260 g/mol. The molecule has 2 heterocycles. The van der Waals surface area contributed by atoms with Crippen LogP contribution >= 0.6 is 0 Å². The predicted octanol–water partition coefficient (Wildman–Crippen LogP) is 0.267. The number of likely N-dealkylation sites (tertiary alicyclic amines) is 1. The van der Waals surface area contributed by atoms with Crippen LogP contribution in [0.4, 0.5) is 5.69 Å². The maximum absolute atomic E-state index is 12.2. The van der Waals surface area contributed by atoms with E-state index in [0.29, 0.717) is 25.4 Å². The number of nitrogen functional groups attached to an aromatic ring is 1. The third kappa shape index (κ3) is 3.49. The number of piperidine rings is 1. The summed E-state index contributed by atoms with van der Waals surface area (Å²) < 4.78 is 6.53. The van der Waals surface area contributed by atoms with Crippen LogP contribution < -0.4 is 5.73 Å². The van der Waals surface area contributed by atoms with Crippen molar-refractivity contribution < 1.29 is 14.3 Å². The molecule has 1 amide bonds. The van der Waals surface area contributed by atoms with E-state index >= 15 is 0 Å². The molecule has 1 aliphatic heterocycles. The second kappa shape index (κ2) is 6.40. The molecule has 0 bridgehead atoms. The van der Waals surface area contributed by atoms with Gasteiger partial charge in [0.25, 0.3) is 0 Å². The van der Waals surface area contributed by atoms with Crippen molar-refractivity contribution in [2.45, 2.75) is 26.3 Å². The van der Waals surface area contributed by atoms with Crippen LogP contribution in [-0.2, 0) is 20.9 Å². The lowest BCUT2D eigenvalue weighted by Crippen LogP contribution is -2.44. The van der Waals surface area contributed by atoms with Gasteiger partial charge in [0.1, 0.15) is 6.54 Å². The van der Waals surface area contributed by atoms with Gasteiger partial charge in [-0.05, 0) is 19.8 Å². The highest BCUT2D eigenvalue weighted by molar-refractivity contribution is 5.78. The molecule has 2 rings (SSSR count). The van der Waals surface area contributed by atoms with Crippen molar-refractivity contribution in [2.75, 3.05) is 25.4 Å². The molecular formula is C13H20N4O3. The minimum absolute atomic E-state index is 0.0536. The van der Waals surface area contributed by atoms with Gasteiger partial charge in [-0.1, -0.05) is 0 Å². The van der Waals surface area contributed by atoms with Gasteiger partial charge in [-0.3, -0.25) is 14.3 Å². The Kier molecular flexibility index (Phi) is 4.60. The summed E-state index contributed by atoms with van der Waals surface area (Å²) in [6.07, 6.45) is 4.71. The van der Waals surface area contributed by atoms with E-state index in [4.69, 9.17) is 10.5 Å². The Hall–Kier alpha value is -2.05. The second-order valence-corrected chi connectivity index (χ2v) is 4.90. The van der Waals surface area contributed by atoms with E-state index in [1.165, 1.54) is 10.9 Å². The monoisotopic (exact) mass is 280 g/mol. The first-order valence-corrected chi connectivity index (χ1v) is 6.82. The lowest BCUT2D eigenvalue weighted by atomic mass is 9.98. The Morgan fingerprint density at radius 1 is 1.55 bits per heavy atom. The summed E-state index contributed by atoms with van der Waals surface area (Å²) in [5.74, 6) is -0.481. The van der Waals surface area contributed by atoms with E-state index in [1.807, 2.05) is 0 Å². The zero-order chi connectivity index (χ0) is 14.5. The maximum Gasteiger partial charge on any atom is 0.310 e. The second-order valence-electron chi connectivity index (χ2n) is 4.90. The van der Waals surface area contributed by atoms with E-state index in [2.05, 4.69) is 5.10 Å². The zero-order valence-electron chi connectivity index (χ0n) is 11.6. The third-order valence-corrected chi connectivity index (χ3v) is 3.34. The summed E-state index contributed by atoms with van der Waals surface area (Å²) in [4.78, 5) is 25.6. The average Bonchev–Trinajstić information content (AvgIpc) is 2.84. The van der Waals surface area contributed by atoms with Crippen molar-refractivity contribution >= 4 is 17.6 Å². The van der Waals surface area contributed by atoms with Gasteiger partial charge < -0.3 is 15.4 Å². The van der Waals surface area contributed by atoms with Gasteiger partial charge in [-0.15, -0.1) is 0 Å². The number of rotatable bonds is 4. The molecule has 0 aromatic carbocycles. The molecule has 1 aromatic rings. The summed E-state index contributed by atoms with van der Waals surface area (Å²) in [5.41, 5.74) is 6.09. The molecule has 0 radical (unpaired) electrons. The molecule has 0 aliphatic carbocycles. The standard InChI is InChI=1S/C13H20N4O3/c1-2-20-13(19)10-4-3-5-16(7-10)12(18)9-17-8-11(14)6-15-17/h6,8,10H,2-5,7,9,14H2,1H3. The summed E-state index contributed by atoms with van der Waals surface area (Å²) >= 11 is 0. The maximum atomic E-state index is 12.2. The molecule has 1 saturated heterocycles. The topological polar surface area (TPSA) is 90.5 Å². The van der Waals surface area contributed by atoms with Crippen LogP contribution in [0.5, 0.6) is 0 Å². The largest absolute Gasteiger partial charge is 0.466 e. The third-order valence-electron chi connectivity index (χ3n) is 3.34. The van der Waals surface area contributed by atoms with E-state index in [9.17, 15) is 9.59 Å². The number of esters is 1. The number of aromatic nitrogens is 2. The highest BCUT2D eigenvalue weighted by Gasteiger charge is 2.29. The average molecular weight is 280 g/mol. The van der Waals surface area contributed by atoms with Crippen LogP contribution in [0.25, 0.3) is 0 Å². The summed E-state index contributed by atoms with van der Waals surface area (Å²) in [6.45, 7) is 3.40. The summed E-state index contributed by atoms with van der Waals surface area (Å²) in [5, 5.41) is 3.99. The van der Waals surface area contributed by atoms with Crippen molar-refractivity contribution in [3.05, 3.63) is 12.4 Å².